The van der Waals surface area contributed by atoms with Crippen LogP contribution >= 0.6 is 0 Å². The van der Waals surface area contributed by atoms with Crippen molar-refractivity contribution in [2.24, 2.45) is 0 Å². The molecule has 146 valence electrons. The van der Waals surface area contributed by atoms with Crippen molar-refractivity contribution in [3.8, 4) is 11.5 Å². The molecule has 0 spiro atoms. The zero-order valence-corrected chi connectivity index (χ0v) is 13.4. The maximum atomic E-state index is 13.6. The number of halogens is 7. The van der Waals surface area contributed by atoms with Crippen molar-refractivity contribution < 1.29 is 45.0 Å². The molecule has 0 radical (unpaired) electrons. The molecule has 0 aromatic heterocycles. The third-order valence-electron chi connectivity index (χ3n) is 3.82. The van der Waals surface area contributed by atoms with Crippen LogP contribution in [0.4, 0.5) is 30.7 Å². The standard InChI is InChI=1S/C15H14F7NO3/c1-2-23(12(24)13(16,17)14(18,19)15(20,21)22)7-6-9-4-3-5-10-11(9)26-8-25-10/h3-5H,2,6-8H2,1H3. The van der Waals surface area contributed by atoms with Crippen molar-refractivity contribution in [3.63, 3.8) is 0 Å². The summed E-state index contributed by atoms with van der Waals surface area (Å²) in [6, 6.07) is 4.67. The van der Waals surface area contributed by atoms with Crippen LogP contribution < -0.4 is 9.47 Å². The number of fused-ring (bicyclic) bond motifs is 1. The fraction of sp³-hybridized carbons (Fsp3) is 0.533. The molecule has 0 fully saturated rings. The Bertz CT molecular complexity index is 676. The second-order valence-corrected chi connectivity index (χ2v) is 5.43. The minimum atomic E-state index is -6.56. The number of para-hydroxylation sites is 1. The normalized spacial score (nSPS) is 14.5. The number of likely N-dealkylation sites (N-methyl/N-ethyl adjacent to an activating group) is 1. The van der Waals surface area contributed by atoms with Crippen LogP contribution in [0.2, 0.25) is 0 Å². The predicted molar refractivity (Wildman–Crippen MR) is 74.5 cm³/mol. The average molecular weight is 389 g/mol. The van der Waals surface area contributed by atoms with Gasteiger partial charge in [-0.1, -0.05) is 12.1 Å². The van der Waals surface area contributed by atoms with Crippen molar-refractivity contribution in [1.82, 2.24) is 4.90 Å². The van der Waals surface area contributed by atoms with Gasteiger partial charge in [-0.3, -0.25) is 4.79 Å². The molecule has 0 unspecified atom stereocenters. The van der Waals surface area contributed by atoms with Gasteiger partial charge in [0.2, 0.25) is 6.79 Å². The Morgan fingerprint density at radius 1 is 1.12 bits per heavy atom. The van der Waals surface area contributed by atoms with E-state index in [1.54, 1.807) is 12.1 Å². The van der Waals surface area contributed by atoms with Crippen molar-refractivity contribution in [1.29, 1.82) is 0 Å². The fourth-order valence-electron chi connectivity index (χ4n) is 2.36. The van der Waals surface area contributed by atoms with Crippen LogP contribution in [0.3, 0.4) is 0 Å². The molecule has 26 heavy (non-hydrogen) atoms. The molecule has 4 nitrogen and oxygen atoms in total. The summed E-state index contributed by atoms with van der Waals surface area (Å²) in [6.45, 7) is 0.140. The molecule has 2 rings (SSSR count). The lowest BCUT2D eigenvalue weighted by atomic mass is 10.1. The first-order valence-electron chi connectivity index (χ1n) is 7.42. The van der Waals surface area contributed by atoms with Crippen LogP contribution in [-0.2, 0) is 11.2 Å². The number of amides is 1. The highest BCUT2D eigenvalue weighted by Crippen LogP contribution is 2.47. The van der Waals surface area contributed by atoms with Gasteiger partial charge in [0.15, 0.2) is 11.5 Å². The van der Waals surface area contributed by atoms with Crippen LogP contribution in [0.5, 0.6) is 11.5 Å². The van der Waals surface area contributed by atoms with Gasteiger partial charge < -0.3 is 14.4 Å². The first kappa shape index (κ1) is 20.1. The lowest BCUT2D eigenvalue weighted by Crippen LogP contribution is -2.60. The Hall–Kier alpha value is -2.20. The Kier molecular flexibility index (Phi) is 5.29. The van der Waals surface area contributed by atoms with Gasteiger partial charge in [-0.05, 0) is 25.0 Å². The maximum Gasteiger partial charge on any atom is 0.460 e. The molecular formula is C15H14F7NO3. The highest BCUT2D eigenvalue weighted by atomic mass is 19.4. The quantitative estimate of drug-likeness (QED) is 0.698. The van der Waals surface area contributed by atoms with Gasteiger partial charge >= 0.3 is 18.0 Å². The molecule has 0 bridgehead atoms. The summed E-state index contributed by atoms with van der Waals surface area (Å²) in [5.74, 6) is -14.3. The van der Waals surface area contributed by atoms with E-state index in [4.69, 9.17) is 9.47 Å². The molecule has 1 aliphatic heterocycles. The molecule has 1 heterocycles. The van der Waals surface area contributed by atoms with E-state index in [0.717, 1.165) is 0 Å². The zero-order chi connectivity index (χ0) is 19.8. The van der Waals surface area contributed by atoms with Gasteiger partial charge in [0.1, 0.15) is 0 Å². The number of alkyl halides is 7. The Labute approximate surface area is 143 Å². The molecule has 0 saturated carbocycles. The van der Waals surface area contributed by atoms with Gasteiger partial charge in [0.25, 0.3) is 5.91 Å². The van der Waals surface area contributed by atoms with E-state index < -0.39 is 37.0 Å². The number of carbonyl (C=O) groups excluding carboxylic acids is 1. The van der Waals surface area contributed by atoms with E-state index in [1.165, 1.54) is 13.0 Å². The predicted octanol–water partition coefficient (Wildman–Crippen LogP) is 3.64. The monoisotopic (exact) mass is 389 g/mol. The number of nitrogens with zero attached hydrogens (tertiary/aromatic N) is 1. The molecule has 0 aliphatic carbocycles. The zero-order valence-electron chi connectivity index (χ0n) is 13.4. The smallest absolute Gasteiger partial charge is 0.454 e. The van der Waals surface area contributed by atoms with E-state index in [9.17, 15) is 35.5 Å². The van der Waals surface area contributed by atoms with Crippen molar-refractivity contribution in [2.75, 3.05) is 19.9 Å². The number of benzene rings is 1. The molecule has 11 heteroatoms. The van der Waals surface area contributed by atoms with Gasteiger partial charge in [-0.25, -0.2) is 0 Å². The Morgan fingerprint density at radius 2 is 1.77 bits per heavy atom. The summed E-state index contributed by atoms with van der Waals surface area (Å²) >= 11 is 0. The summed E-state index contributed by atoms with van der Waals surface area (Å²) in [6.07, 6.45) is -6.66. The number of carbonyl (C=O) groups is 1. The Morgan fingerprint density at radius 3 is 2.35 bits per heavy atom. The third-order valence-corrected chi connectivity index (χ3v) is 3.82. The van der Waals surface area contributed by atoms with Gasteiger partial charge in [0.05, 0.1) is 0 Å². The maximum absolute atomic E-state index is 13.6. The first-order valence-corrected chi connectivity index (χ1v) is 7.42. The number of ether oxygens (including phenoxy) is 2. The van der Waals surface area contributed by atoms with E-state index in [-0.39, 0.29) is 18.1 Å². The van der Waals surface area contributed by atoms with Crippen molar-refractivity contribution in [2.45, 2.75) is 31.4 Å². The summed E-state index contributed by atoms with van der Waals surface area (Å²) in [5.41, 5.74) is 0.442. The minimum Gasteiger partial charge on any atom is -0.454 e. The van der Waals surface area contributed by atoms with Crippen LogP contribution in [0, 0.1) is 0 Å². The van der Waals surface area contributed by atoms with E-state index >= 15 is 0 Å². The molecule has 1 amide bonds. The number of rotatable bonds is 6. The third kappa shape index (κ3) is 3.38. The topological polar surface area (TPSA) is 38.8 Å². The highest BCUT2D eigenvalue weighted by Gasteiger charge is 2.76. The van der Waals surface area contributed by atoms with E-state index in [1.807, 2.05) is 0 Å². The molecule has 0 saturated heterocycles. The SMILES string of the molecule is CCN(CCc1cccc2c1OCO2)C(=O)C(F)(F)C(F)(F)C(F)(F)F. The molecule has 0 atom stereocenters. The van der Waals surface area contributed by atoms with Gasteiger partial charge in [0, 0.05) is 13.1 Å². The molecule has 0 N–H and O–H groups in total. The second-order valence-electron chi connectivity index (χ2n) is 5.43. The average Bonchev–Trinajstić information content (AvgIpc) is 3.03. The fourth-order valence-corrected chi connectivity index (χ4v) is 2.36. The van der Waals surface area contributed by atoms with Crippen molar-refractivity contribution in [3.05, 3.63) is 23.8 Å². The van der Waals surface area contributed by atoms with Gasteiger partial charge in [-0.2, -0.15) is 30.7 Å². The number of hydrogen-bond acceptors (Lipinski definition) is 3. The molecule has 1 aromatic carbocycles. The van der Waals surface area contributed by atoms with E-state index in [0.29, 0.717) is 17.1 Å². The molecule has 1 aliphatic rings. The Balaban J connectivity index is 2.16. The lowest BCUT2D eigenvalue weighted by molar-refractivity contribution is -0.345. The van der Waals surface area contributed by atoms with Crippen molar-refractivity contribution >= 4 is 5.91 Å². The van der Waals surface area contributed by atoms with E-state index in [2.05, 4.69) is 0 Å². The van der Waals surface area contributed by atoms with Crippen LogP contribution in [0.15, 0.2) is 18.2 Å². The second kappa shape index (κ2) is 6.84. The first-order chi connectivity index (χ1) is 11.9. The number of hydrogen-bond donors (Lipinski definition) is 0. The summed E-state index contributed by atoms with van der Waals surface area (Å²) in [5, 5.41) is 0. The minimum absolute atomic E-state index is 0.0708. The van der Waals surface area contributed by atoms with Gasteiger partial charge in [-0.15, -0.1) is 0 Å². The lowest BCUT2D eigenvalue weighted by Gasteiger charge is -2.31. The molecular weight excluding hydrogens is 375 g/mol. The largest absolute Gasteiger partial charge is 0.460 e. The van der Waals surface area contributed by atoms with Crippen LogP contribution in [0.25, 0.3) is 0 Å². The van der Waals surface area contributed by atoms with Crippen LogP contribution in [-0.4, -0.2) is 48.7 Å². The highest BCUT2D eigenvalue weighted by molar-refractivity contribution is 5.85. The summed E-state index contributed by atoms with van der Waals surface area (Å²) in [7, 11) is 0. The summed E-state index contributed by atoms with van der Waals surface area (Å²) < 4.78 is 100. The molecule has 1 aromatic rings. The summed E-state index contributed by atoms with van der Waals surface area (Å²) in [4.78, 5) is 11.9. The van der Waals surface area contributed by atoms with Crippen LogP contribution in [0.1, 0.15) is 12.5 Å².